The van der Waals surface area contributed by atoms with Gasteiger partial charge in [0.05, 0.1) is 36.5 Å². The lowest BCUT2D eigenvalue weighted by atomic mass is 9.78. The lowest BCUT2D eigenvalue weighted by Crippen LogP contribution is -2.67. The molecule has 4 fully saturated rings. The van der Waals surface area contributed by atoms with E-state index in [1.165, 1.54) is 11.1 Å². The lowest BCUT2D eigenvalue weighted by Gasteiger charge is -2.55. The van der Waals surface area contributed by atoms with Crippen molar-refractivity contribution in [2.24, 2.45) is 5.41 Å². The number of piperazine rings is 1. The first-order chi connectivity index (χ1) is 19.8. The predicted molar refractivity (Wildman–Crippen MR) is 157 cm³/mol. The number of carbonyl (C=O) groups excluding carboxylic acids is 1. The summed E-state index contributed by atoms with van der Waals surface area (Å²) in [4.78, 5) is 33.6. The van der Waals surface area contributed by atoms with E-state index in [9.17, 15) is 4.79 Å². The maximum Gasteiger partial charge on any atom is 0.236 e. The Kier molecular flexibility index (Phi) is 5.54. The van der Waals surface area contributed by atoms with Gasteiger partial charge in [0.2, 0.25) is 5.91 Å². The Balaban J connectivity index is 1.08. The van der Waals surface area contributed by atoms with Gasteiger partial charge in [0, 0.05) is 61.0 Å². The number of nitrogens with zero attached hydrogens (tertiary/aromatic N) is 7. The number of aromatic amines is 1. The smallest absolute Gasteiger partial charge is 0.236 e. The Labute approximate surface area is 239 Å². The van der Waals surface area contributed by atoms with Crippen LogP contribution in [-0.4, -0.2) is 98.3 Å². The van der Waals surface area contributed by atoms with Crippen molar-refractivity contribution in [3.63, 3.8) is 0 Å². The molecule has 0 unspecified atom stereocenters. The Morgan fingerprint density at radius 2 is 1.88 bits per heavy atom. The molecule has 2 atom stereocenters. The van der Waals surface area contributed by atoms with E-state index >= 15 is 0 Å². The minimum Gasteiger partial charge on any atom is -0.380 e. The van der Waals surface area contributed by atoms with Crippen molar-refractivity contribution in [1.82, 2.24) is 34.4 Å². The van der Waals surface area contributed by atoms with E-state index in [-0.39, 0.29) is 11.8 Å². The molecular weight excluding hydrogens is 516 g/mol. The SMILES string of the molecule is Cc1c(-c2[nH]c3ccc(N4[C@@H]5CC[C@H]4CN(C(=O)CN4CC6(COC6)C4)C5)nc3c2C(C)C)cn2ncnc2c1C. The highest BCUT2D eigenvalue weighted by Crippen LogP contribution is 2.41. The van der Waals surface area contributed by atoms with Gasteiger partial charge in [0.1, 0.15) is 12.1 Å². The van der Waals surface area contributed by atoms with E-state index in [2.05, 4.69) is 75.8 Å². The van der Waals surface area contributed by atoms with Crippen LogP contribution in [-0.2, 0) is 9.53 Å². The molecule has 10 nitrogen and oxygen atoms in total. The summed E-state index contributed by atoms with van der Waals surface area (Å²) in [6.07, 6.45) is 5.90. The number of nitrogens with one attached hydrogen (secondary N) is 1. The molecule has 8 rings (SSSR count). The zero-order valence-electron chi connectivity index (χ0n) is 24.4. The molecule has 2 bridgehead atoms. The summed E-state index contributed by atoms with van der Waals surface area (Å²) in [5.41, 5.74) is 9.13. The second-order valence-electron chi connectivity index (χ2n) is 13.2. The number of fused-ring (bicyclic) bond motifs is 4. The van der Waals surface area contributed by atoms with Crippen molar-refractivity contribution in [3.8, 4) is 11.3 Å². The summed E-state index contributed by atoms with van der Waals surface area (Å²) < 4.78 is 7.26. The number of carbonyl (C=O) groups is 1. The van der Waals surface area contributed by atoms with Crippen LogP contribution in [0.5, 0.6) is 0 Å². The minimum absolute atomic E-state index is 0.271. The normalized spacial score (nSPS) is 23.6. The number of aryl methyl sites for hydroxylation is 1. The van der Waals surface area contributed by atoms with E-state index in [1.807, 2.05) is 4.52 Å². The van der Waals surface area contributed by atoms with Crippen molar-refractivity contribution < 1.29 is 9.53 Å². The molecule has 4 aromatic heterocycles. The summed E-state index contributed by atoms with van der Waals surface area (Å²) in [6, 6.07) is 4.97. The van der Waals surface area contributed by atoms with Crippen LogP contribution in [0.1, 0.15) is 49.3 Å². The molecular formula is C31H38N8O2. The van der Waals surface area contributed by atoms with Gasteiger partial charge < -0.3 is 19.5 Å². The summed E-state index contributed by atoms with van der Waals surface area (Å²) in [5.74, 6) is 1.58. The fourth-order valence-electron chi connectivity index (χ4n) is 7.81. The van der Waals surface area contributed by atoms with Crippen LogP contribution in [0.4, 0.5) is 5.82 Å². The van der Waals surface area contributed by atoms with Crippen molar-refractivity contribution in [3.05, 3.63) is 41.3 Å². The van der Waals surface area contributed by atoms with E-state index < -0.39 is 0 Å². The number of pyridine rings is 2. The van der Waals surface area contributed by atoms with Crippen LogP contribution in [0.25, 0.3) is 27.9 Å². The first-order valence-electron chi connectivity index (χ1n) is 15.0. The summed E-state index contributed by atoms with van der Waals surface area (Å²) in [5, 5.41) is 4.42. The third-order valence-electron chi connectivity index (χ3n) is 10.0. The fraction of sp³-hybridized carbons (Fsp3) is 0.548. The number of likely N-dealkylation sites (tertiary alicyclic amines) is 2. The molecule has 1 spiro atoms. The van der Waals surface area contributed by atoms with Crippen LogP contribution in [0.15, 0.2) is 24.7 Å². The molecule has 1 amide bonds. The van der Waals surface area contributed by atoms with Crippen molar-refractivity contribution in [2.45, 2.75) is 58.5 Å². The second kappa shape index (κ2) is 9.00. The number of aromatic nitrogens is 5. The molecule has 0 radical (unpaired) electrons. The maximum atomic E-state index is 13.2. The number of amides is 1. The average Bonchev–Trinajstić information content (AvgIpc) is 3.60. The number of ether oxygens (including phenoxy) is 1. The lowest BCUT2D eigenvalue weighted by molar-refractivity contribution is -0.191. The van der Waals surface area contributed by atoms with Gasteiger partial charge in [-0.25, -0.2) is 14.5 Å². The Morgan fingerprint density at radius 3 is 2.56 bits per heavy atom. The van der Waals surface area contributed by atoms with Gasteiger partial charge in [-0.15, -0.1) is 0 Å². The van der Waals surface area contributed by atoms with E-state index in [1.54, 1.807) is 6.33 Å². The Morgan fingerprint density at radius 1 is 1.12 bits per heavy atom. The second-order valence-corrected chi connectivity index (χ2v) is 13.2. The molecule has 8 heterocycles. The third kappa shape index (κ3) is 3.83. The first-order valence-corrected chi connectivity index (χ1v) is 15.0. The van der Waals surface area contributed by atoms with Crippen LogP contribution in [0.3, 0.4) is 0 Å². The number of anilines is 1. The number of H-pyrrole nitrogens is 1. The fourth-order valence-corrected chi connectivity index (χ4v) is 7.81. The highest BCUT2D eigenvalue weighted by Gasteiger charge is 2.50. The zero-order valence-corrected chi connectivity index (χ0v) is 24.4. The topological polar surface area (TPSA) is 94.9 Å². The number of hydrogen-bond acceptors (Lipinski definition) is 7. The van der Waals surface area contributed by atoms with E-state index in [0.29, 0.717) is 24.0 Å². The number of rotatable bonds is 5. The van der Waals surface area contributed by atoms with Crippen LogP contribution in [0.2, 0.25) is 0 Å². The first kappa shape index (κ1) is 25.2. The van der Waals surface area contributed by atoms with E-state index in [4.69, 9.17) is 9.72 Å². The Bertz CT molecular complexity index is 1660. The highest BCUT2D eigenvalue weighted by molar-refractivity contribution is 5.90. The summed E-state index contributed by atoms with van der Waals surface area (Å²) >= 11 is 0. The standard InChI is InChI=1S/C31H38N8O2/c1-18(2)27-28(23-11-38-30(32-17-33-38)20(4)19(23)3)34-24-7-8-25(35-29(24)27)39-21-5-6-22(39)10-37(9-21)26(40)12-36-13-31(14-36)15-41-16-31/h7-8,11,17-18,21-22,34H,5-6,9-10,12-16H2,1-4H3/t21-,22+. The molecule has 41 heavy (non-hydrogen) atoms. The molecule has 4 aliphatic heterocycles. The third-order valence-corrected chi connectivity index (χ3v) is 10.0. The summed E-state index contributed by atoms with van der Waals surface area (Å²) in [6.45, 7) is 14.6. The molecule has 0 aliphatic carbocycles. The summed E-state index contributed by atoms with van der Waals surface area (Å²) in [7, 11) is 0. The van der Waals surface area contributed by atoms with Crippen LogP contribution >= 0.6 is 0 Å². The van der Waals surface area contributed by atoms with Gasteiger partial charge in [0.15, 0.2) is 5.65 Å². The van der Waals surface area contributed by atoms with Crippen molar-refractivity contribution in [1.29, 1.82) is 0 Å². The molecule has 4 aliphatic rings. The van der Waals surface area contributed by atoms with Crippen molar-refractivity contribution >= 4 is 28.4 Å². The van der Waals surface area contributed by atoms with Gasteiger partial charge in [-0.3, -0.25) is 9.69 Å². The maximum absolute atomic E-state index is 13.2. The monoisotopic (exact) mass is 554 g/mol. The molecule has 214 valence electrons. The molecule has 0 aromatic carbocycles. The largest absolute Gasteiger partial charge is 0.380 e. The average molecular weight is 555 g/mol. The van der Waals surface area contributed by atoms with Crippen molar-refractivity contribution in [2.75, 3.05) is 50.8 Å². The number of hydrogen-bond donors (Lipinski definition) is 1. The molecule has 10 heteroatoms. The highest BCUT2D eigenvalue weighted by atomic mass is 16.5. The van der Waals surface area contributed by atoms with Gasteiger partial charge in [-0.05, 0) is 55.9 Å². The van der Waals surface area contributed by atoms with Gasteiger partial charge >= 0.3 is 0 Å². The van der Waals surface area contributed by atoms with Crippen LogP contribution in [0, 0.1) is 19.3 Å². The molecule has 4 aromatic rings. The van der Waals surface area contributed by atoms with Gasteiger partial charge in [0.25, 0.3) is 0 Å². The predicted octanol–water partition coefficient (Wildman–Crippen LogP) is 3.52. The molecule has 1 N–H and O–H groups in total. The zero-order chi connectivity index (χ0) is 28.0. The van der Waals surface area contributed by atoms with Crippen LogP contribution < -0.4 is 4.90 Å². The van der Waals surface area contributed by atoms with Gasteiger partial charge in [-0.1, -0.05) is 13.8 Å². The quantitative estimate of drug-likeness (QED) is 0.403. The molecule has 0 saturated carbocycles. The molecule has 4 saturated heterocycles. The van der Waals surface area contributed by atoms with E-state index in [0.717, 1.165) is 91.6 Å². The van der Waals surface area contributed by atoms with Gasteiger partial charge in [-0.2, -0.15) is 5.10 Å². The Hall–Kier alpha value is -3.50. The minimum atomic E-state index is 0.271.